The largest absolute Gasteiger partial charge is 0.466 e. The lowest BCUT2D eigenvalue weighted by Gasteiger charge is -2.05. The number of rotatable bonds is 8. The number of carbonyl (C=O) groups excluding carboxylic acids is 2. The highest BCUT2D eigenvalue weighted by atomic mass is 32.1. The number of aromatic nitrogens is 1. The van der Waals surface area contributed by atoms with E-state index in [-0.39, 0.29) is 18.4 Å². The molecule has 0 atom stereocenters. The van der Waals surface area contributed by atoms with Crippen molar-refractivity contribution in [3.63, 3.8) is 0 Å². The SMILES string of the molecule is CCCCNC(=O)NCc1nc(CC(=O)OCC)cs1. The number of thiazole rings is 1. The van der Waals surface area contributed by atoms with E-state index in [9.17, 15) is 9.59 Å². The van der Waals surface area contributed by atoms with Gasteiger partial charge in [0.15, 0.2) is 0 Å². The second-order valence-corrected chi connectivity index (χ2v) is 5.12. The van der Waals surface area contributed by atoms with E-state index in [2.05, 4.69) is 22.5 Å². The minimum absolute atomic E-state index is 0.174. The van der Waals surface area contributed by atoms with Crippen molar-refractivity contribution in [2.24, 2.45) is 0 Å². The summed E-state index contributed by atoms with van der Waals surface area (Å²) in [5.74, 6) is -0.283. The molecule has 1 aromatic heterocycles. The summed E-state index contributed by atoms with van der Waals surface area (Å²) in [5.41, 5.74) is 0.677. The number of hydrogen-bond donors (Lipinski definition) is 2. The number of urea groups is 1. The summed E-state index contributed by atoms with van der Waals surface area (Å²) in [6.07, 6.45) is 2.19. The maximum atomic E-state index is 11.4. The highest BCUT2D eigenvalue weighted by Gasteiger charge is 2.09. The summed E-state index contributed by atoms with van der Waals surface area (Å²) < 4.78 is 4.85. The van der Waals surface area contributed by atoms with Crippen molar-refractivity contribution in [3.8, 4) is 0 Å². The van der Waals surface area contributed by atoms with Crippen LogP contribution in [0.5, 0.6) is 0 Å². The fourth-order valence-electron chi connectivity index (χ4n) is 1.47. The Labute approximate surface area is 122 Å². The van der Waals surface area contributed by atoms with Gasteiger partial charge in [-0.2, -0.15) is 0 Å². The van der Waals surface area contributed by atoms with Gasteiger partial charge in [-0.3, -0.25) is 4.79 Å². The van der Waals surface area contributed by atoms with Gasteiger partial charge in [0.05, 0.1) is 25.3 Å². The third-order valence-corrected chi connectivity index (χ3v) is 3.34. The number of nitrogens with zero attached hydrogens (tertiary/aromatic N) is 1. The van der Waals surface area contributed by atoms with E-state index in [4.69, 9.17) is 4.74 Å². The fraction of sp³-hybridized carbons (Fsp3) is 0.615. The first-order valence-corrected chi connectivity index (χ1v) is 7.64. The molecule has 0 aromatic carbocycles. The van der Waals surface area contributed by atoms with Gasteiger partial charge < -0.3 is 15.4 Å². The van der Waals surface area contributed by atoms with Gasteiger partial charge in [0.25, 0.3) is 0 Å². The van der Waals surface area contributed by atoms with Crippen LogP contribution < -0.4 is 10.6 Å². The highest BCUT2D eigenvalue weighted by Crippen LogP contribution is 2.10. The Morgan fingerprint density at radius 3 is 2.85 bits per heavy atom. The number of carbonyl (C=O) groups is 2. The standard InChI is InChI=1S/C13H21N3O3S/c1-3-5-6-14-13(18)15-8-11-16-10(9-20-11)7-12(17)19-4-2/h9H,3-8H2,1-2H3,(H2,14,15,18). The van der Waals surface area contributed by atoms with Gasteiger partial charge in [-0.15, -0.1) is 11.3 Å². The maximum Gasteiger partial charge on any atom is 0.315 e. The summed E-state index contributed by atoms with van der Waals surface area (Å²) in [5, 5.41) is 8.08. The average Bonchev–Trinajstić information content (AvgIpc) is 2.84. The van der Waals surface area contributed by atoms with Crippen molar-refractivity contribution < 1.29 is 14.3 Å². The van der Waals surface area contributed by atoms with E-state index >= 15 is 0 Å². The molecule has 1 heterocycles. The first-order valence-electron chi connectivity index (χ1n) is 6.76. The van der Waals surface area contributed by atoms with Gasteiger partial charge in [0.2, 0.25) is 0 Å². The molecule has 0 radical (unpaired) electrons. The molecule has 0 aliphatic carbocycles. The molecule has 2 amide bonds. The van der Waals surface area contributed by atoms with Crippen LogP contribution in [0.25, 0.3) is 0 Å². The molecule has 2 N–H and O–H groups in total. The molecule has 0 bridgehead atoms. The minimum atomic E-state index is -0.283. The predicted molar refractivity (Wildman–Crippen MR) is 77.6 cm³/mol. The van der Waals surface area contributed by atoms with Crippen LogP contribution in [-0.2, 0) is 22.5 Å². The molecule has 1 rings (SSSR count). The van der Waals surface area contributed by atoms with E-state index in [0.29, 0.717) is 25.4 Å². The molecule has 7 heteroatoms. The number of hydrogen-bond acceptors (Lipinski definition) is 5. The number of unbranched alkanes of at least 4 members (excludes halogenated alkanes) is 1. The number of esters is 1. The molecule has 0 saturated carbocycles. The van der Waals surface area contributed by atoms with Gasteiger partial charge in [-0.05, 0) is 13.3 Å². The molecule has 0 aliphatic rings. The monoisotopic (exact) mass is 299 g/mol. The molecule has 0 unspecified atom stereocenters. The lowest BCUT2D eigenvalue weighted by molar-refractivity contribution is -0.142. The zero-order valence-electron chi connectivity index (χ0n) is 11.9. The zero-order chi connectivity index (χ0) is 14.8. The van der Waals surface area contributed by atoms with Gasteiger partial charge in [0.1, 0.15) is 5.01 Å². The average molecular weight is 299 g/mol. The summed E-state index contributed by atoms with van der Waals surface area (Å²) in [6.45, 7) is 5.25. The Balaban J connectivity index is 2.29. The molecule has 6 nitrogen and oxygen atoms in total. The van der Waals surface area contributed by atoms with Crippen LogP contribution in [0.15, 0.2) is 5.38 Å². The van der Waals surface area contributed by atoms with Crippen molar-refractivity contribution in [3.05, 3.63) is 16.1 Å². The molecule has 20 heavy (non-hydrogen) atoms. The van der Waals surface area contributed by atoms with Crippen molar-refractivity contribution in [1.29, 1.82) is 0 Å². The van der Waals surface area contributed by atoms with Crippen LogP contribution >= 0.6 is 11.3 Å². The third kappa shape index (κ3) is 6.51. The topological polar surface area (TPSA) is 80.3 Å². The zero-order valence-corrected chi connectivity index (χ0v) is 12.7. The van der Waals surface area contributed by atoms with Crippen LogP contribution in [0.4, 0.5) is 4.79 Å². The predicted octanol–water partition coefficient (Wildman–Crippen LogP) is 1.85. The molecular formula is C13H21N3O3S. The fourth-order valence-corrected chi connectivity index (χ4v) is 2.20. The van der Waals surface area contributed by atoms with Crippen molar-refractivity contribution in [2.45, 2.75) is 39.7 Å². The van der Waals surface area contributed by atoms with Crippen LogP contribution in [0.3, 0.4) is 0 Å². The second-order valence-electron chi connectivity index (χ2n) is 4.18. The van der Waals surface area contributed by atoms with Gasteiger partial charge in [-0.1, -0.05) is 13.3 Å². The smallest absolute Gasteiger partial charge is 0.315 e. The van der Waals surface area contributed by atoms with E-state index in [1.54, 1.807) is 6.92 Å². The molecule has 112 valence electrons. The first-order chi connectivity index (χ1) is 9.65. The van der Waals surface area contributed by atoms with Crippen LogP contribution in [-0.4, -0.2) is 30.1 Å². The van der Waals surface area contributed by atoms with Crippen LogP contribution in [0, 0.1) is 0 Å². The summed E-state index contributed by atoms with van der Waals surface area (Å²) in [7, 11) is 0. The van der Waals surface area contributed by atoms with Gasteiger partial charge in [-0.25, -0.2) is 9.78 Å². The van der Waals surface area contributed by atoms with E-state index in [1.165, 1.54) is 11.3 Å². The lowest BCUT2D eigenvalue weighted by atomic mass is 10.3. The Kier molecular flexibility index (Phi) is 7.64. The Bertz CT molecular complexity index is 434. The second kappa shape index (κ2) is 9.30. The Morgan fingerprint density at radius 2 is 2.15 bits per heavy atom. The molecule has 0 fully saturated rings. The van der Waals surface area contributed by atoms with Crippen LogP contribution in [0.2, 0.25) is 0 Å². The normalized spacial score (nSPS) is 10.1. The van der Waals surface area contributed by atoms with E-state index < -0.39 is 0 Å². The number of nitrogens with one attached hydrogen (secondary N) is 2. The summed E-state index contributed by atoms with van der Waals surface area (Å²) in [6, 6.07) is -0.194. The van der Waals surface area contributed by atoms with Crippen LogP contribution in [0.1, 0.15) is 37.4 Å². The number of amides is 2. The molecule has 0 aliphatic heterocycles. The lowest BCUT2D eigenvalue weighted by Crippen LogP contribution is -2.35. The Morgan fingerprint density at radius 1 is 1.35 bits per heavy atom. The highest BCUT2D eigenvalue weighted by molar-refractivity contribution is 7.09. The molecular weight excluding hydrogens is 278 g/mol. The maximum absolute atomic E-state index is 11.4. The van der Waals surface area contributed by atoms with Crippen molar-refractivity contribution in [1.82, 2.24) is 15.6 Å². The Hall–Kier alpha value is -1.63. The first kappa shape index (κ1) is 16.4. The third-order valence-electron chi connectivity index (χ3n) is 2.45. The van der Waals surface area contributed by atoms with Gasteiger partial charge in [0, 0.05) is 11.9 Å². The molecule has 0 spiro atoms. The molecule has 1 aromatic rings. The number of ether oxygens (including phenoxy) is 1. The summed E-state index contributed by atoms with van der Waals surface area (Å²) >= 11 is 1.42. The molecule has 0 saturated heterocycles. The quantitative estimate of drug-likeness (QED) is 0.567. The van der Waals surface area contributed by atoms with Crippen molar-refractivity contribution in [2.75, 3.05) is 13.2 Å². The van der Waals surface area contributed by atoms with E-state index in [1.807, 2.05) is 5.38 Å². The summed E-state index contributed by atoms with van der Waals surface area (Å²) in [4.78, 5) is 27.0. The minimum Gasteiger partial charge on any atom is -0.466 e. The van der Waals surface area contributed by atoms with Gasteiger partial charge >= 0.3 is 12.0 Å². The van der Waals surface area contributed by atoms with Crippen molar-refractivity contribution >= 4 is 23.3 Å². The van der Waals surface area contributed by atoms with E-state index in [0.717, 1.165) is 17.8 Å².